The fourth-order valence-electron chi connectivity index (χ4n) is 1.33. The third-order valence-electron chi connectivity index (χ3n) is 2.05. The average molecular weight is 291 g/mol. The predicted octanol–water partition coefficient (Wildman–Crippen LogP) is 2.91. The second kappa shape index (κ2) is 5.84. The van der Waals surface area contributed by atoms with Gasteiger partial charge in [-0.05, 0) is 19.1 Å². The number of ether oxygens (including phenoxy) is 2. The molecule has 0 unspecified atom stereocenters. The smallest absolute Gasteiger partial charge is 0.342 e. The number of carbonyl (C=O) groups excluding carboxylic acids is 1. The summed E-state index contributed by atoms with van der Waals surface area (Å²) in [5.41, 5.74) is 0.388. The summed E-state index contributed by atoms with van der Waals surface area (Å²) < 4.78 is 23.4. The minimum Gasteiger partial charge on any atom is -0.496 e. The van der Waals surface area contributed by atoms with E-state index in [0.29, 0.717) is 5.75 Å². The van der Waals surface area contributed by atoms with Gasteiger partial charge in [0.25, 0.3) is 0 Å². The molecule has 0 aliphatic rings. The number of alkyl halides is 1. The van der Waals surface area contributed by atoms with Crippen molar-refractivity contribution < 1.29 is 18.7 Å². The fourth-order valence-corrected chi connectivity index (χ4v) is 1.88. The first-order chi connectivity index (χ1) is 7.65. The molecule has 0 heterocycles. The van der Waals surface area contributed by atoms with E-state index in [1.54, 1.807) is 6.92 Å². The van der Waals surface area contributed by atoms with Crippen molar-refractivity contribution in [1.29, 1.82) is 0 Å². The van der Waals surface area contributed by atoms with Gasteiger partial charge in [-0.2, -0.15) is 0 Å². The van der Waals surface area contributed by atoms with Gasteiger partial charge in [0, 0.05) is 10.9 Å². The summed E-state index contributed by atoms with van der Waals surface area (Å²) in [7, 11) is 1.42. The predicted molar refractivity (Wildman–Crippen MR) is 61.5 cm³/mol. The van der Waals surface area contributed by atoms with Crippen LogP contribution >= 0.6 is 15.9 Å². The fraction of sp³-hybridized carbons (Fsp3) is 0.364. The van der Waals surface area contributed by atoms with Crippen LogP contribution < -0.4 is 4.74 Å². The van der Waals surface area contributed by atoms with Gasteiger partial charge in [0.2, 0.25) is 0 Å². The van der Waals surface area contributed by atoms with Gasteiger partial charge >= 0.3 is 5.97 Å². The van der Waals surface area contributed by atoms with E-state index in [1.807, 2.05) is 0 Å². The van der Waals surface area contributed by atoms with Gasteiger partial charge in [0.1, 0.15) is 17.1 Å². The van der Waals surface area contributed by atoms with Crippen molar-refractivity contribution in [2.45, 2.75) is 12.3 Å². The van der Waals surface area contributed by atoms with Gasteiger partial charge in [-0.3, -0.25) is 0 Å². The number of benzene rings is 1. The van der Waals surface area contributed by atoms with E-state index in [2.05, 4.69) is 15.9 Å². The zero-order chi connectivity index (χ0) is 12.1. The maximum atomic E-state index is 13.5. The van der Waals surface area contributed by atoms with Crippen molar-refractivity contribution in [2.24, 2.45) is 0 Å². The molecule has 0 aliphatic heterocycles. The Morgan fingerprint density at radius 3 is 2.69 bits per heavy atom. The van der Waals surface area contributed by atoms with Gasteiger partial charge < -0.3 is 9.47 Å². The van der Waals surface area contributed by atoms with Crippen LogP contribution in [0.4, 0.5) is 4.39 Å². The first kappa shape index (κ1) is 13.0. The summed E-state index contributed by atoms with van der Waals surface area (Å²) in [6.45, 7) is 1.93. The molecule has 0 saturated carbocycles. The monoisotopic (exact) mass is 290 g/mol. The topological polar surface area (TPSA) is 35.5 Å². The molecule has 0 bridgehead atoms. The lowest BCUT2D eigenvalue weighted by molar-refractivity contribution is 0.0521. The van der Waals surface area contributed by atoms with E-state index in [1.165, 1.54) is 19.2 Å². The van der Waals surface area contributed by atoms with Crippen LogP contribution in [0.25, 0.3) is 0 Å². The second-order valence-corrected chi connectivity index (χ2v) is 3.52. The Morgan fingerprint density at radius 1 is 1.50 bits per heavy atom. The average Bonchev–Trinajstić information content (AvgIpc) is 2.28. The number of rotatable bonds is 4. The van der Waals surface area contributed by atoms with Crippen molar-refractivity contribution in [1.82, 2.24) is 0 Å². The molecule has 0 N–H and O–H groups in total. The van der Waals surface area contributed by atoms with Crippen LogP contribution in [0.5, 0.6) is 5.75 Å². The summed E-state index contributed by atoms with van der Waals surface area (Å²) in [5.74, 6) is -0.719. The van der Waals surface area contributed by atoms with Crippen LogP contribution in [0.2, 0.25) is 0 Å². The Labute approximate surface area is 102 Å². The molecule has 0 spiro atoms. The van der Waals surface area contributed by atoms with E-state index in [-0.39, 0.29) is 23.1 Å². The van der Waals surface area contributed by atoms with Crippen LogP contribution in [-0.2, 0) is 10.1 Å². The van der Waals surface area contributed by atoms with Crippen LogP contribution in [0, 0.1) is 5.82 Å². The molecule has 5 heteroatoms. The summed E-state index contributed by atoms with van der Waals surface area (Å²) in [6, 6.07) is 2.67. The van der Waals surface area contributed by atoms with Gasteiger partial charge in [-0.15, -0.1) is 0 Å². The number of hydrogen-bond donors (Lipinski definition) is 0. The van der Waals surface area contributed by atoms with Crippen molar-refractivity contribution in [3.8, 4) is 5.75 Å². The number of esters is 1. The molecule has 3 nitrogen and oxygen atoms in total. The molecule has 1 aromatic carbocycles. The summed E-state index contributed by atoms with van der Waals surface area (Å²) in [5, 5.41) is 0.226. The summed E-state index contributed by atoms with van der Waals surface area (Å²) in [6.07, 6.45) is 0. The number of hydrogen-bond acceptors (Lipinski definition) is 3. The lowest BCUT2D eigenvalue weighted by Crippen LogP contribution is -2.11. The molecular formula is C11H12BrFO3. The lowest BCUT2D eigenvalue weighted by atomic mass is 10.1. The Balaban J connectivity index is 3.30. The van der Waals surface area contributed by atoms with Crippen LogP contribution in [0.1, 0.15) is 22.8 Å². The van der Waals surface area contributed by atoms with E-state index < -0.39 is 11.8 Å². The van der Waals surface area contributed by atoms with E-state index >= 15 is 0 Å². The van der Waals surface area contributed by atoms with E-state index in [9.17, 15) is 9.18 Å². The zero-order valence-electron chi connectivity index (χ0n) is 9.05. The summed E-state index contributed by atoms with van der Waals surface area (Å²) in [4.78, 5) is 11.7. The molecule has 0 amide bonds. The molecule has 0 atom stereocenters. The maximum Gasteiger partial charge on any atom is 0.342 e. The first-order valence-corrected chi connectivity index (χ1v) is 5.86. The molecule has 0 aromatic heterocycles. The van der Waals surface area contributed by atoms with Crippen molar-refractivity contribution >= 4 is 21.9 Å². The molecule has 1 rings (SSSR count). The molecule has 0 aliphatic carbocycles. The Bertz CT molecular complexity index is 393. The highest BCUT2D eigenvalue weighted by Gasteiger charge is 2.21. The Morgan fingerprint density at radius 2 is 2.19 bits per heavy atom. The second-order valence-electron chi connectivity index (χ2n) is 2.96. The number of carbonyl (C=O) groups is 1. The maximum absolute atomic E-state index is 13.5. The van der Waals surface area contributed by atoms with Crippen molar-refractivity contribution in [3.05, 3.63) is 29.1 Å². The molecule has 88 valence electrons. The highest BCUT2D eigenvalue weighted by molar-refractivity contribution is 9.08. The number of methoxy groups -OCH3 is 1. The third-order valence-corrected chi connectivity index (χ3v) is 2.61. The molecule has 16 heavy (non-hydrogen) atoms. The third kappa shape index (κ3) is 2.52. The van der Waals surface area contributed by atoms with Gasteiger partial charge in [0.15, 0.2) is 0 Å². The highest BCUT2D eigenvalue weighted by Crippen LogP contribution is 2.27. The molecule has 0 saturated heterocycles. The molecule has 0 radical (unpaired) electrons. The van der Waals surface area contributed by atoms with Crippen LogP contribution in [0.15, 0.2) is 12.1 Å². The minimum absolute atomic E-state index is 0.140. The van der Waals surface area contributed by atoms with Crippen molar-refractivity contribution in [3.63, 3.8) is 0 Å². The lowest BCUT2D eigenvalue weighted by Gasteiger charge is -2.12. The normalized spacial score (nSPS) is 10.0. The molecule has 1 aromatic rings. The standard InChI is InChI=1S/C11H12BrFO3/c1-3-16-11(14)10-7(6-12)8(13)4-5-9(10)15-2/h4-5H,3,6H2,1-2H3. The number of halogens is 2. The van der Waals surface area contributed by atoms with E-state index in [0.717, 1.165) is 0 Å². The van der Waals surface area contributed by atoms with Crippen LogP contribution in [-0.4, -0.2) is 19.7 Å². The highest BCUT2D eigenvalue weighted by atomic mass is 79.9. The Hall–Kier alpha value is -1.10. The molecular weight excluding hydrogens is 279 g/mol. The Kier molecular flexibility index (Phi) is 4.73. The quantitative estimate of drug-likeness (QED) is 0.632. The summed E-state index contributed by atoms with van der Waals surface area (Å²) >= 11 is 3.14. The molecule has 0 fully saturated rings. The largest absolute Gasteiger partial charge is 0.496 e. The van der Waals surface area contributed by atoms with E-state index in [4.69, 9.17) is 9.47 Å². The van der Waals surface area contributed by atoms with Crippen molar-refractivity contribution in [2.75, 3.05) is 13.7 Å². The SMILES string of the molecule is CCOC(=O)c1c(OC)ccc(F)c1CBr. The van der Waals surface area contributed by atoms with Crippen LogP contribution in [0.3, 0.4) is 0 Å². The van der Waals surface area contributed by atoms with Gasteiger partial charge in [0.05, 0.1) is 13.7 Å². The zero-order valence-corrected chi connectivity index (χ0v) is 10.6. The van der Waals surface area contributed by atoms with Gasteiger partial charge in [-0.25, -0.2) is 9.18 Å². The minimum atomic E-state index is -0.576. The first-order valence-electron chi connectivity index (χ1n) is 4.74. The van der Waals surface area contributed by atoms with Gasteiger partial charge in [-0.1, -0.05) is 15.9 Å².